The van der Waals surface area contributed by atoms with Crippen molar-refractivity contribution in [1.82, 2.24) is 14.5 Å². The van der Waals surface area contributed by atoms with Crippen LogP contribution in [0.4, 0.5) is 24.7 Å². The highest BCUT2D eigenvalue weighted by molar-refractivity contribution is 6.32. The lowest BCUT2D eigenvalue weighted by Gasteiger charge is -2.13. The molecule has 0 unspecified atom stereocenters. The lowest BCUT2D eigenvalue weighted by Crippen LogP contribution is -2.04. The van der Waals surface area contributed by atoms with Crippen LogP contribution in [0.5, 0.6) is 11.5 Å². The molecule has 0 radical (unpaired) electrons. The molecule has 0 aliphatic rings. The van der Waals surface area contributed by atoms with Crippen LogP contribution < -0.4 is 10.1 Å². The Balaban J connectivity index is 1.57. The topological polar surface area (TPSA) is 72.2 Å². The summed E-state index contributed by atoms with van der Waals surface area (Å²) in [6, 6.07) is 11.2. The van der Waals surface area contributed by atoms with Crippen molar-refractivity contribution in [2.24, 2.45) is 0 Å². The van der Waals surface area contributed by atoms with Crippen molar-refractivity contribution in [2.45, 2.75) is 12.7 Å². The first-order chi connectivity index (χ1) is 15.8. The van der Waals surface area contributed by atoms with Gasteiger partial charge in [0, 0.05) is 11.9 Å². The van der Waals surface area contributed by atoms with E-state index in [1.165, 1.54) is 18.5 Å². The highest BCUT2D eigenvalue weighted by Gasteiger charge is 2.30. The molecule has 2 aromatic heterocycles. The first-order valence-corrected chi connectivity index (χ1v) is 10.0. The molecular formula is C23H16ClF3N4O2. The standard InChI is InChI=1S/C23H16ClF3N4O2/c24-18-13-16(6-7-20(18)33-17-5-3-4-15(12-17)23(25,26)27)30-22-21-19(28-14-29-22)8-10-31(21)9-1-2-11-32/h3-8,10,12-14,32H,9,11H2,(H,28,29,30). The zero-order valence-corrected chi connectivity index (χ0v) is 17.7. The van der Waals surface area contributed by atoms with Crippen LogP contribution in [0.15, 0.2) is 61.1 Å². The van der Waals surface area contributed by atoms with Gasteiger partial charge in [-0.2, -0.15) is 13.2 Å². The quantitative estimate of drug-likeness (QED) is 0.368. The third kappa shape index (κ3) is 5.19. The van der Waals surface area contributed by atoms with Gasteiger partial charge < -0.3 is 19.7 Å². The van der Waals surface area contributed by atoms with Gasteiger partial charge in [0.15, 0.2) is 5.82 Å². The van der Waals surface area contributed by atoms with E-state index >= 15 is 0 Å². The van der Waals surface area contributed by atoms with E-state index in [1.54, 1.807) is 18.2 Å². The highest BCUT2D eigenvalue weighted by atomic mass is 35.5. The maximum absolute atomic E-state index is 12.9. The molecule has 0 bridgehead atoms. The number of rotatable bonds is 5. The molecule has 6 nitrogen and oxygen atoms in total. The first kappa shape index (κ1) is 22.5. The van der Waals surface area contributed by atoms with Crippen molar-refractivity contribution in [3.05, 3.63) is 71.6 Å². The molecule has 2 heterocycles. The minimum Gasteiger partial charge on any atom is -0.456 e. The molecule has 0 aliphatic carbocycles. The van der Waals surface area contributed by atoms with E-state index in [2.05, 4.69) is 27.1 Å². The molecule has 0 atom stereocenters. The lowest BCUT2D eigenvalue weighted by atomic mass is 10.2. The number of nitrogens with one attached hydrogen (secondary N) is 1. The van der Waals surface area contributed by atoms with Gasteiger partial charge in [0.1, 0.15) is 29.9 Å². The number of ether oxygens (including phenoxy) is 1. The van der Waals surface area contributed by atoms with Gasteiger partial charge >= 0.3 is 6.18 Å². The maximum atomic E-state index is 12.9. The molecular weight excluding hydrogens is 457 g/mol. The van der Waals surface area contributed by atoms with Crippen LogP contribution in [0.25, 0.3) is 11.0 Å². The van der Waals surface area contributed by atoms with E-state index in [0.717, 1.165) is 12.1 Å². The first-order valence-electron chi connectivity index (χ1n) is 9.63. The Labute approximate surface area is 191 Å². The number of aliphatic hydroxyl groups is 1. The fourth-order valence-corrected chi connectivity index (χ4v) is 3.33. The molecule has 0 amide bonds. The minimum absolute atomic E-state index is 0.0201. The summed E-state index contributed by atoms with van der Waals surface area (Å²) in [4.78, 5) is 8.53. The zero-order chi connectivity index (χ0) is 23.4. The van der Waals surface area contributed by atoms with Gasteiger partial charge in [-0.15, -0.1) is 0 Å². The van der Waals surface area contributed by atoms with Crippen LogP contribution >= 0.6 is 11.6 Å². The van der Waals surface area contributed by atoms with Gasteiger partial charge in [-0.05, 0) is 42.5 Å². The van der Waals surface area contributed by atoms with Crippen LogP contribution in [0.1, 0.15) is 5.56 Å². The van der Waals surface area contributed by atoms with Crippen molar-refractivity contribution in [3.8, 4) is 23.3 Å². The summed E-state index contributed by atoms with van der Waals surface area (Å²) in [5.74, 6) is 6.18. The zero-order valence-electron chi connectivity index (χ0n) is 16.9. The summed E-state index contributed by atoms with van der Waals surface area (Å²) >= 11 is 6.32. The van der Waals surface area contributed by atoms with Gasteiger partial charge in [-0.3, -0.25) is 0 Å². The fourth-order valence-electron chi connectivity index (χ4n) is 3.11. The predicted molar refractivity (Wildman–Crippen MR) is 119 cm³/mol. The molecule has 0 fully saturated rings. The average molecular weight is 473 g/mol. The SMILES string of the molecule is OCC#CCn1ccc2ncnc(Nc3ccc(Oc4cccc(C(F)(F)F)c4)c(Cl)c3)c21. The van der Waals surface area contributed by atoms with Crippen LogP contribution in [0.2, 0.25) is 5.02 Å². The van der Waals surface area contributed by atoms with Crippen molar-refractivity contribution in [2.75, 3.05) is 11.9 Å². The number of anilines is 2. The summed E-state index contributed by atoms with van der Waals surface area (Å²) in [5.41, 5.74) is 1.19. The van der Waals surface area contributed by atoms with E-state index < -0.39 is 11.7 Å². The number of aromatic nitrogens is 3. The van der Waals surface area contributed by atoms with Crippen LogP contribution in [0, 0.1) is 11.8 Å². The Kier molecular flexibility index (Phi) is 6.40. The molecule has 33 heavy (non-hydrogen) atoms. The van der Waals surface area contributed by atoms with E-state index in [1.807, 2.05) is 16.8 Å². The van der Waals surface area contributed by atoms with Crippen molar-refractivity contribution in [1.29, 1.82) is 0 Å². The number of hydrogen-bond acceptors (Lipinski definition) is 5. The lowest BCUT2D eigenvalue weighted by molar-refractivity contribution is -0.137. The average Bonchev–Trinajstić information content (AvgIpc) is 3.20. The molecule has 0 aliphatic heterocycles. The van der Waals surface area contributed by atoms with E-state index in [4.69, 9.17) is 21.4 Å². The highest BCUT2D eigenvalue weighted by Crippen LogP contribution is 2.36. The summed E-state index contributed by atoms with van der Waals surface area (Å²) in [6.07, 6.45) is -1.24. The van der Waals surface area contributed by atoms with Crippen molar-refractivity contribution < 1.29 is 23.0 Å². The number of benzene rings is 2. The second-order valence-corrected chi connectivity index (χ2v) is 7.22. The number of nitrogens with zero attached hydrogens (tertiary/aromatic N) is 3. The second-order valence-electron chi connectivity index (χ2n) is 6.81. The third-order valence-electron chi connectivity index (χ3n) is 4.59. The van der Waals surface area contributed by atoms with E-state index in [0.29, 0.717) is 29.1 Å². The molecule has 0 saturated carbocycles. The van der Waals surface area contributed by atoms with Crippen LogP contribution in [-0.4, -0.2) is 26.2 Å². The fraction of sp³-hybridized carbons (Fsp3) is 0.130. The molecule has 168 valence electrons. The molecule has 0 spiro atoms. The number of hydrogen-bond donors (Lipinski definition) is 2. The molecule has 2 aromatic carbocycles. The van der Waals surface area contributed by atoms with Gasteiger partial charge in [-0.25, -0.2) is 9.97 Å². The van der Waals surface area contributed by atoms with Gasteiger partial charge in [0.25, 0.3) is 0 Å². The predicted octanol–water partition coefficient (Wildman–Crippen LogP) is 5.64. The number of fused-ring (bicyclic) bond motifs is 1. The Morgan fingerprint density at radius 2 is 1.94 bits per heavy atom. The minimum atomic E-state index is -4.47. The Bertz CT molecular complexity index is 1360. The van der Waals surface area contributed by atoms with E-state index in [-0.39, 0.29) is 23.1 Å². The molecule has 2 N–H and O–H groups in total. The monoisotopic (exact) mass is 472 g/mol. The van der Waals surface area contributed by atoms with Crippen LogP contribution in [-0.2, 0) is 12.7 Å². The van der Waals surface area contributed by atoms with Gasteiger partial charge in [0.2, 0.25) is 0 Å². The summed E-state index contributed by atoms with van der Waals surface area (Å²) in [5, 5.41) is 12.2. The Hall–Kier alpha value is -3.74. The molecule has 4 aromatic rings. The Morgan fingerprint density at radius 1 is 1.09 bits per heavy atom. The summed E-state index contributed by atoms with van der Waals surface area (Å²) in [6.45, 7) is 0.116. The summed E-state index contributed by atoms with van der Waals surface area (Å²) in [7, 11) is 0. The second kappa shape index (κ2) is 9.40. The third-order valence-corrected chi connectivity index (χ3v) is 4.88. The maximum Gasteiger partial charge on any atom is 0.416 e. The summed E-state index contributed by atoms with van der Waals surface area (Å²) < 4.78 is 46.2. The molecule has 4 rings (SSSR count). The molecule has 10 heteroatoms. The Morgan fingerprint density at radius 3 is 2.70 bits per heavy atom. The number of aliphatic hydroxyl groups excluding tert-OH is 1. The normalized spacial score (nSPS) is 11.2. The van der Waals surface area contributed by atoms with E-state index in [9.17, 15) is 13.2 Å². The van der Waals surface area contributed by atoms with Crippen LogP contribution in [0.3, 0.4) is 0 Å². The van der Waals surface area contributed by atoms with Gasteiger partial charge in [-0.1, -0.05) is 29.5 Å². The van der Waals surface area contributed by atoms with Crippen molar-refractivity contribution in [3.63, 3.8) is 0 Å². The smallest absolute Gasteiger partial charge is 0.416 e. The van der Waals surface area contributed by atoms with Crippen molar-refractivity contribution >= 4 is 34.1 Å². The van der Waals surface area contributed by atoms with Gasteiger partial charge in [0.05, 0.1) is 22.6 Å². The largest absolute Gasteiger partial charge is 0.456 e. The number of alkyl halides is 3. The number of halogens is 4. The molecule has 0 saturated heterocycles.